The minimum absolute atomic E-state index is 0.0976. The van der Waals surface area contributed by atoms with Crippen molar-refractivity contribution in [1.82, 2.24) is 10.2 Å². The molecule has 1 aliphatic rings. The molecule has 0 bridgehead atoms. The summed E-state index contributed by atoms with van der Waals surface area (Å²) in [6.45, 7) is 0. The monoisotopic (exact) mass is 364 g/mol. The molecular formula is C23H16N4O. The van der Waals surface area contributed by atoms with E-state index in [1.165, 1.54) is 0 Å². The maximum absolute atomic E-state index is 9.76. The van der Waals surface area contributed by atoms with Crippen LogP contribution in [0.1, 0.15) is 17.0 Å². The lowest BCUT2D eigenvalue weighted by molar-refractivity contribution is 0.379. The van der Waals surface area contributed by atoms with E-state index in [0.717, 1.165) is 33.2 Å². The van der Waals surface area contributed by atoms with Gasteiger partial charge in [-0.3, -0.25) is 5.10 Å². The van der Waals surface area contributed by atoms with Crippen molar-refractivity contribution in [3.8, 4) is 23.2 Å². The lowest BCUT2D eigenvalue weighted by Gasteiger charge is -2.24. The van der Waals surface area contributed by atoms with Gasteiger partial charge in [0.05, 0.1) is 17.2 Å². The molecule has 0 saturated heterocycles. The smallest absolute Gasteiger partial charge is 0.244 e. The molecule has 0 fully saturated rings. The van der Waals surface area contributed by atoms with Crippen LogP contribution in [0.5, 0.6) is 5.88 Å². The Balaban J connectivity index is 1.74. The molecule has 1 aromatic heterocycles. The van der Waals surface area contributed by atoms with Gasteiger partial charge in [-0.2, -0.15) is 5.26 Å². The van der Waals surface area contributed by atoms with Crippen molar-refractivity contribution in [2.45, 2.75) is 5.92 Å². The van der Waals surface area contributed by atoms with Gasteiger partial charge in [0.1, 0.15) is 11.6 Å². The molecule has 0 aliphatic carbocycles. The molecule has 3 aromatic carbocycles. The number of nitriles is 1. The molecule has 5 rings (SSSR count). The van der Waals surface area contributed by atoms with E-state index < -0.39 is 0 Å². The number of aromatic nitrogens is 2. The van der Waals surface area contributed by atoms with Crippen LogP contribution < -0.4 is 10.5 Å². The Morgan fingerprint density at radius 3 is 2.50 bits per heavy atom. The van der Waals surface area contributed by atoms with Gasteiger partial charge in [0.2, 0.25) is 11.8 Å². The van der Waals surface area contributed by atoms with E-state index in [-0.39, 0.29) is 11.8 Å². The number of fused-ring (bicyclic) bond motifs is 2. The lowest BCUT2D eigenvalue weighted by Crippen LogP contribution is -2.20. The summed E-state index contributed by atoms with van der Waals surface area (Å²) in [5, 5.41) is 19.5. The van der Waals surface area contributed by atoms with Gasteiger partial charge >= 0.3 is 0 Å². The summed E-state index contributed by atoms with van der Waals surface area (Å²) in [7, 11) is 0. The molecule has 1 atom stereocenters. The molecule has 5 heteroatoms. The first kappa shape index (κ1) is 16.2. The highest BCUT2D eigenvalue weighted by atomic mass is 16.5. The molecule has 2 heterocycles. The summed E-state index contributed by atoms with van der Waals surface area (Å²) in [5.74, 6) is 0.170. The van der Waals surface area contributed by atoms with Crippen molar-refractivity contribution in [2.75, 3.05) is 0 Å². The highest BCUT2D eigenvalue weighted by molar-refractivity contribution is 5.87. The Morgan fingerprint density at radius 2 is 1.71 bits per heavy atom. The normalized spacial score (nSPS) is 15.8. The number of nitrogens with two attached hydrogens (primary N) is 1. The van der Waals surface area contributed by atoms with Crippen LogP contribution in [0, 0.1) is 11.3 Å². The van der Waals surface area contributed by atoms with Crippen LogP contribution >= 0.6 is 0 Å². The number of nitrogens with one attached hydrogen (secondary N) is 1. The summed E-state index contributed by atoms with van der Waals surface area (Å²) in [6, 6.07) is 26.5. The van der Waals surface area contributed by atoms with Gasteiger partial charge in [-0.05, 0) is 22.4 Å². The average molecular weight is 364 g/mol. The number of ether oxygens (including phenoxy) is 1. The predicted molar refractivity (Wildman–Crippen MR) is 107 cm³/mol. The number of hydrogen-bond acceptors (Lipinski definition) is 4. The number of rotatable bonds is 2. The number of benzene rings is 3. The van der Waals surface area contributed by atoms with E-state index in [2.05, 4.69) is 40.5 Å². The molecular weight excluding hydrogens is 348 g/mol. The molecule has 0 spiro atoms. The van der Waals surface area contributed by atoms with Gasteiger partial charge in [0.15, 0.2) is 0 Å². The number of nitrogens with zero attached hydrogens (tertiary/aromatic N) is 2. The Kier molecular flexibility index (Phi) is 3.63. The summed E-state index contributed by atoms with van der Waals surface area (Å²) in [6.07, 6.45) is 0. The summed E-state index contributed by atoms with van der Waals surface area (Å²) in [4.78, 5) is 0. The van der Waals surface area contributed by atoms with E-state index >= 15 is 0 Å². The number of hydrogen-bond donors (Lipinski definition) is 2. The quantitative estimate of drug-likeness (QED) is 0.550. The maximum Gasteiger partial charge on any atom is 0.244 e. The second-order valence-corrected chi connectivity index (χ2v) is 6.71. The first-order valence-corrected chi connectivity index (χ1v) is 8.96. The molecule has 0 amide bonds. The molecule has 4 aromatic rings. The fourth-order valence-electron chi connectivity index (χ4n) is 3.79. The molecule has 0 saturated carbocycles. The number of allylic oxidation sites excluding steroid dienone is 1. The predicted octanol–water partition coefficient (Wildman–Crippen LogP) is 4.45. The minimum atomic E-state index is -0.338. The van der Waals surface area contributed by atoms with E-state index in [9.17, 15) is 5.26 Å². The van der Waals surface area contributed by atoms with Gasteiger partial charge in [-0.25, -0.2) is 0 Å². The Bertz CT molecular complexity index is 1260. The molecule has 1 aliphatic heterocycles. The van der Waals surface area contributed by atoms with Crippen molar-refractivity contribution >= 4 is 10.8 Å². The Labute approximate surface area is 161 Å². The van der Waals surface area contributed by atoms with Crippen molar-refractivity contribution < 1.29 is 4.74 Å². The van der Waals surface area contributed by atoms with Gasteiger partial charge in [-0.15, -0.1) is 5.10 Å². The van der Waals surface area contributed by atoms with Gasteiger partial charge in [-0.1, -0.05) is 66.7 Å². The zero-order chi connectivity index (χ0) is 19.1. The van der Waals surface area contributed by atoms with Crippen LogP contribution in [0.4, 0.5) is 0 Å². The zero-order valence-corrected chi connectivity index (χ0v) is 14.9. The second kappa shape index (κ2) is 6.29. The fourth-order valence-corrected chi connectivity index (χ4v) is 3.79. The van der Waals surface area contributed by atoms with Crippen LogP contribution in [-0.4, -0.2) is 10.2 Å². The van der Waals surface area contributed by atoms with E-state index in [4.69, 9.17) is 10.5 Å². The van der Waals surface area contributed by atoms with Crippen molar-refractivity contribution in [3.63, 3.8) is 0 Å². The first-order chi connectivity index (χ1) is 13.8. The van der Waals surface area contributed by atoms with Gasteiger partial charge in [0, 0.05) is 5.56 Å². The maximum atomic E-state index is 9.76. The van der Waals surface area contributed by atoms with Crippen LogP contribution in [0.2, 0.25) is 0 Å². The molecule has 0 unspecified atom stereocenters. The molecule has 134 valence electrons. The van der Waals surface area contributed by atoms with Gasteiger partial charge < -0.3 is 10.5 Å². The third-order valence-electron chi connectivity index (χ3n) is 5.11. The highest BCUT2D eigenvalue weighted by Gasteiger charge is 2.35. The molecule has 0 radical (unpaired) electrons. The summed E-state index contributed by atoms with van der Waals surface area (Å²) < 4.78 is 5.67. The third kappa shape index (κ3) is 2.43. The van der Waals surface area contributed by atoms with Crippen LogP contribution in [0.25, 0.3) is 22.0 Å². The van der Waals surface area contributed by atoms with Crippen molar-refractivity contribution in [1.29, 1.82) is 5.26 Å². The average Bonchev–Trinajstić information content (AvgIpc) is 3.16. The zero-order valence-electron chi connectivity index (χ0n) is 14.9. The molecule has 28 heavy (non-hydrogen) atoms. The van der Waals surface area contributed by atoms with Crippen LogP contribution in [-0.2, 0) is 0 Å². The highest BCUT2D eigenvalue weighted by Crippen LogP contribution is 2.45. The third-order valence-corrected chi connectivity index (χ3v) is 5.11. The van der Waals surface area contributed by atoms with Gasteiger partial charge in [0.25, 0.3) is 0 Å². The number of H-pyrrole nitrogens is 1. The number of aromatic amines is 1. The standard InChI is InChI=1S/C23H16N4O/c24-13-18-19(15-7-2-1-3-8-15)20-21(26-27-23(20)28-22(18)25)17-11-10-14-6-4-5-9-16(14)12-17/h1-12,19H,25H2,(H,26,27)/t19-/m1/s1. The second-order valence-electron chi connectivity index (χ2n) is 6.71. The molecule has 5 nitrogen and oxygen atoms in total. The first-order valence-electron chi connectivity index (χ1n) is 8.96. The van der Waals surface area contributed by atoms with Crippen LogP contribution in [0.3, 0.4) is 0 Å². The molecule has 3 N–H and O–H groups in total. The van der Waals surface area contributed by atoms with Crippen LogP contribution in [0.15, 0.2) is 84.3 Å². The largest absolute Gasteiger partial charge is 0.420 e. The van der Waals surface area contributed by atoms with E-state index in [0.29, 0.717) is 11.5 Å². The topological polar surface area (TPSA) is 87.7 Å². The Hall–Kier alpha value is -4.04. The SMILES string of the molecule is N#CC1=C(N)Oc2n[nH]c(-c3ccc4ccccc4c3)c2[C@@H]1c1ccccc1. The Morgan fingerprint density at radius 1 is 0.964 bits per heavy atom. The van der Waals surface area contributed by atoms with E-state index in [1.54, 1.807) is 0 Å². The summed E-state index contributed by atoms with van der Waals surface area (Å²) >= 11 is 0. The van der Waals surface area contributed by atoms with E-state index in [1.807, 2.05) is 48.5 Å². The lowest BCUT2D eigenvalue weighted by atomic mass is 9.83. The minimum Gasteiger partial charge on any atom is -0.420 e. The van der Waals surface area contributed by atoms with Crippen molar-refractivity contribution in [3.05, 3.63) is 95.4 Å². The van der Waals surface area contributed by atoms with Crippen molar-refractivity contribution in [2.24, 2.45) is 5.73 Å². The summed E-state index contributed by atoms with van der Waals surface area (Å²) in [5.41, 5.74) is 10.0. The fraction of sp³-hybridized carbons (Fsp3) is 0.0435.